The van der Waals surface area contributed by atoms with Crippen LogP contribution in [0.25, 0.3) is 0 Å². The van der Waals surface area contributed by atoms with Crippen molar-refractivity contribution in [3.63, 3.8) is 0 Å². The van der Waals surface area contributed by atoms with Gasteiger partial charge in [0.2, 0.25) is 12.2 Å². The van der Waals surface area contributed by atoms with Crippen LogP contribution in [0.4, 0.5) is 5.82 Å². The maximum absolute atomic E-state index is 12.0. The topological polar surface area (TPSA) is 119 Å². The third-order valence-electron chi connectivity index (χ3n) is 2.88. The molecule has 0 spiro atoms. The summed E-state index contributed by atoms with van der Waals surface area (Å²) in [6.07, 6.45) is 2.59. The molecule has 1 N–H and O–H groups in total. The average molecular weight is 300 g/mol. The fourth-order valence-corrected chi connectivity index (χ4v) is 3.00. The molecular formula is C10H12N4O5S. The van der Waals surface area contributed by atoms with E-state index in [9.17, 15) is 19.7 Å². The Bertz CT molecular complexity index is 546. The summed E-state index contributed by atoms with van der Waals surface area (Å²) < 4.78 is 1.44. The van der Waals surface area contributed by atoms with E-state index in [1.165, 1.54) is 33.8 Å². The second kappa shape index (κ2) is 5.90. The normalized spacial score (nSPS) is 18.2. The summed E-state index contributed by atoms with van der Waals surface area (Å²) in [7, 11) is 0. The van der Waals surface area contributed by atoms with E-state index in [1.54, 1.807) is 0 Å². The van der Waals surface area contributed by atoms with Gasteiger partial charge in [-0.3, -0.25) is 4.79 Å². The van der Waals surface area contributed by atoms with E-state index in [0.29, 0.717) is 11.6 Å². The molecule has 1 aliphatic heterocycles. The van der Waals surface area contributed by atoms with Crippen molar-refractivity contribution in [3.8, 4) is 0 Å². The summed E-state index contributed by atoms with van der Waals surface area (Å²) in [5.41, 5.74) is 0. The molecule has 0 bridgehead atoms. The van der Waals surface area contributed by atoms with Gasteiger partial charge in [-0.15, -0.1) is 11.8 Å². The number of carbonyl (C=O) groups excluding carboxylic acids is 1. The number of aryl methyl sites for hydroxylation is 1. The van der Waals surface area contributed by atoms with Crippen LogP contribution in [0.3, 0.4) is 0 Å². The highest BCUT2D eigenvalue weighted by molar-refractivity contribution is 7.99. The van der Waals surface area contributed by atoms with Crippen LogP contribution in [0.1, 0.15) is 6.42 Å². The van der Waals surface area contributed by atoms with Crippen molar-refractivity contribution in [2.24, 2.45) is 0 Å². The third-order valence-corrected chi connectivity index (χ3v) is 3.89. The zero-order chi connectivity index (χ0) is 14.7. The molecule has 1 fully saturated rings. The lowest BCUT2D eigenvalue weighted by Gasteiger charge is -2.20. The molecule has 0 aromatic carbocycles. The summed E-state index contributed by atoms with van der Waals surface area (Å²) in [5, 5.41) is 19.5. The molecule has 108 valence electrons. The molecule has 2 heterocycles. The molecule has 0 saturated carbocycles. The Hall–Kier alpha value is -2.10. The summed E-state index contributed by atoms with van der Waals surface area (Å²) >= 11 is 1.39. The van der Waals surface area contributed by atoms with Crippen molar-refractivity contribution in [1.29, 1.82) is 0 Å². The number of carbonyl (C=O) groups is 2. The van der Waals surface area contributed by atoms with E-state index in [0.717, 1.165) is 0 Å². The van der Waals surface area contributed by atoms with Crippen LogP contribution in [0.5, 0.6) is 0 Å². The number of carboxylic acid groups (broad SMARTS) is 1. The van der Waals surface area contributed by atoms with Crippen molar-refractivity contribution >= 4 is 29.5 Å². The number of carboxylic acids is 1. The Labute approximate surface area is 117 Å². The molecule has 0 unspecified atom stereocenters. The van der Waals surface area contributed by atoms with Crippen molar-refractivity contribution in [3.05, 3.63) is 22.6 Å². The lowest BCUT2D eigenvalue weighted by Crippen LogP contribution is -2.41. The van der Waals surface area contributed by atoms with Crippen LogP contribution >= 0.6 is 11.8 Å². The van der Waals surface area contributed by atoms with Gasteiger partial charge in [-0.25, -0.2) is 4.79 Å². The van der Waals surface area contributed by atoms with E-state index in [4.69, 9.17) is 5.11 Å². The first-order chi connectivity index (χ1) is 9.49. The van der Waals surface area contributed by atoms with E-state index >= 15 is 0 Å². The molecule has 1 atom stereocenters. The SMILES string of the molecule is O=C(O)[C@@H]1CSCN1C(=O)CCn1cnc([N+](=O)[O-])c1. The first-order valence-electron chi connectivity index (χ1n) is 5.75. The standard InChI is InChI=1S/C10H12N4O5S/c15-9(13-6-20-4-7(13)10(16)17)1-2-12-3-8(11-5-12)14(18)19/h3,5,7H,1-2,4,6H2,(H,16,17)/t7-/m0/s1. The third kappa shape index (κ3) is 3.07. The van der Waals surface area contributed by atoms with Gasteiger partial charge in [-0.05, 0) is 9.91 Å². The van der Waals surface area contributed by atoms with Gasteiger partial charge in [0, 0.05) is 18.7 Å². The van der Waals surface area contributed by atoms with Crippen molar-refractivity contribution in [2.75, 3.05) is 11.6 Å². The maximum atomic E-state index is 12.0. The molecule has 2 rings (SSSR count). The van der Waals surface area contributed by atoms with E-state index in [1.807, 2.05) is 0 Å². The zero-order valence-corrected chi connectivity index (χ0v) is 11.2. The Kier molecular flexibility index (Phi) is 4.23. The highest BCUT2D eigenvalue weighted by Gasteiger charge is 2.34. The molecule has 1 aliphatic rings. The number of rotatable bonds is 5. The lowest BCUT2D eigenvalue weighted by molar-refractivity contribution is -0.389. The number of thioether (sulfide) groups is 1. The Balaban J connectivity index is 1.91. The van der Waals surface area contributed by atoms with Gasteiger partial charge in [0.25, 0.3) is 0 Å². The summed E-state index contributed by atoms with van der Waals surface area (Å²) in [6, 6.07) is -0.787. The van der Waals surface area contributed by atoms with Crippen LogP contribution in [-0.2, 0) is 16.1 Å². The lowest BCUT2D eigenvalue weighted by atomic mass is 10.2. The predicted octanol–water partition coefficient (Wildman–Crippen LogP) is 0.167. The highest BCUT2D eigenvalue weighted by Crippen LogP contribution is 2.22. The summed E-state index contributed by atoms with van der Waals surface area (Å²) in [6.45, 7) is 0.229. The molecule has 9 nitrogen and oxygen atoms in total. The number of aliphatic carboxylic acids is 1. The van der Waals surface area contributed by atoms with Crippen LogP contribution in [-0.4, -0.2) is 54.0 Å². The first-order valence-corrected chi connectivity index (χ1v) is 6.90. The van der Waals surface area contributed by atoms with Gasteiger partial charge >= 0.3 is 11.8 Å². The zero-order valence-electron chi connectivity index (χ0n) is 10.3. The van der Waals surface area contributed by atoms with Gasteiger partial charge < -0.3 is 24.7 Å². The van der Waals surface area contributed by atoms with Crippen LogP contribution < -0.4 is 0 Å². The fourth-order valence-electron chi connectivity index (χ4n) is 1.83. The first kappa shape index (κ1) is 14.3. The minimum Gasteiger partial charge on any atom is -0.480 e. The summed E-state index contributed by atoms with van der Waals surface area (Å²) in [5.74, 6) is -0.824. The van der Waals surface area contributed by atoms with Gasteiger partial charge in [0.05, 0.1) is 5.88 Å². The number of nitrogens with zero attached hydrogens (tertiary/aromatic N) is 4. The van der Waals surface area contributed by atoms with Crippen LogP contribution in [0, 0.1) is 10.1 Å². The minimum atomic E-state index is -1.01. The van der Waals surface area contributed by atoms with E-state index < -0.39 is 16.9 Å². The molecule has 0 radical (unpaired) electrons. The number of hydrogen-bond donors (Lipinski definition) is 1. The van der Waals surface area contributed by atoms with Crippen LogP contribution in [0.2, 0.25) is 0 Å². The largest absolute Gasteiger partial charge is 0.480 e. The fraction of sp³-hybridized carbons (Fsp3) is 0.500. The number of amides is 1. The highest BCUT2D eigenvalue weighted by atomic mass is 32.2. The molecule has 1 aromatic rings. The van der Waals surface area contributed by atoms with Gasteiger partial charge in [-0.1, -0.05) is 0 Å². The molecule has 1 aromatic heterocycles. The van der Waals surface area contributed by atoms with E-state index in [-0.39, 0.29) is 24.7 Å². The monoisotopic (exact) mass is 300 g/mol. The smallest absolute Gasteiger partial charge is 0.381 e. The number of aromatic nitrogens is 2. The number of nitro groups is 1. The maximum Gasteiger partial charge on any atom is 0.381 e. The predicted molar refractivity (Wildman–Crippen MR) is 69.1 cm³/mol. The van der Waals surface area contributed by atoms with Gasteiger partial charge in [0.1, 0.15) is 12.2 Å². The molecule has 10 heteroatoms. The number of hydrogen-bond acceptors (Lipinski definition) is 6. The second-order valence-electron chi connectivity index (χ2n) is 4.19. The van der Waals surface area contributed by atoms with Gasteiger partial charge in [0.15, 0.2) is 0 Å². The Morgan fingerprint density at radius 1 is 1.60 bits per heavy atom. The second-order valence-corrected chi connectivity index (χ2v) is 5.19. The van der Waals surface area contributed by atoms with Crippen molar-refractivity contribution < 1.29 is 19.6 Å². The molecule has 0 aliphatic carbocycles. The minimum absolute atomic E-state index is 0.0812. The summed E-state index contributed by atoms with van der Waals surface area (Å²) in [4.78, 5) is 37.7. The molecule has 20 heavy (non-hydrogen) atoms. The Morgan fingerprint density at radius 3 is 2.95 bits per heavy atom. The number of imidazole rings is 1. The average Bonchev–Trinajstić information content (AvgIpc) is 3.04. The van der Waals surface area contributed by atoms with Crippen molar-refractivity contribution in [1.82, 2.24) is 14.5 Å². The van der Waals surface area contributed by atoms with E-state index in [2.05, 4.69) is 4.98 Å². The molecule has 1 saturated heterocycles. The van der Waals surface area contributed by atoms with Crippen LogP contribution in [0.15, 0.2) is 12.5 Å². The molecule has 1 amide bonds. The molecular weight excluding hydrogens is 288 g/mol. The van der Waals surface area contributed by atoms with Gasteiger partial charge in [-0.2, -0.15) is 0 Å². The van der Waals surface area contributed by atoms with Crippen molar-refractivity contribution in [2.45, 2.75) is 19.0 Å². The Morgan fingerprint density at radius 2 is 2.35 bits per heavy atom. The quantitative estimate of drug-likeness (QED) is 0.608.